The monoisotopic (exact) mass is 346 g/mol. The van der Waals surface area contributed by atoms with Gasteiger partial charge in [0.05, 0.1) is 9.48 Å². The van der Waals surface area contributed by atoms with Gasteiger partial charge in [-0.25, -0.2) is 9.78 Å². The molecule has 0 spiro atoms. The zero-order chi connectivity index (χ0) is 13.0. The number of nitrogens with one attached hydrogen (secondary N) is 1. The van der Waals surface area contributed by atoms with Crippen LogP contribution in [-0.4, -0.2) is 22.6 Å². The summed E-state index contributed by atoms with van der Waals surface area (Å²) in [4.78, 5) is 16.0. The van der Waals surface area contributed by atoms with Crippen LogP contribution in [0, 0.1) is 0 Å². The van der Waals surface area contributed by atoms with Gasteiger partial charge in [0.15, 0.2) is 0 Å². The van der Waals surface area contributed by atoms with E-state index >= 15 is 0 Å². The Labute approximate surface area is 121 Å². The molecule has 2 heterocycles. The molecule has 0 bridgehead atoms. The highest BCUT2D eigenvalue weighted by molar-refractivity contribution is 9.11. The third kappa shape index (κ3) is 3.88. The number of hydrogen-bond acceptors (Lipinski definition) is 5. The minimum absolute atomic E-state index is 0.147. The van der Waals surface area contributed by atoms with Gasteiger partial charge in [-0.2, -0.15) is 0 Å². The molecule has 0 saturated carbocycles. The lowest BCUT2D eigenvalue weighted by atomic mass is 10.3. The van der Waals surface area contributed by atoms with Crippen LogP contribution in [0.15, 0.2) is 21.3 Å². The first kappa shape index (κ1) is 13.7. The van der Waals surface area contributed by atoms with Gasteiger partial charge in [0.25, 0.3) is 0 Å². The lowest BCUT2D eigenvalue weighted by Crippen LogP contribution is -2.16. The molecule has 0 unspecified atom stereocenters. The Hall–Kier alpha value is -0.760. The number of rotatable bonds is 6. The van der Waals surface area contributed by atoms with Gasteiger partial charge in [-0.15, -0.1) is 22.7 Å². The van der Waals surface area contributed by atoms with Crippen molar-refractivity contribution in [3.8, 4) is 0 Å². The van der Waals surface area contributed by atoms with E-state index < -0.39 is 5.97 Å². The zero-order valence-corrected chi connectivity index (χ0v) is 12.6. The third-order valence-electron chi connectivity index (χ3n) is 2.22. The number of halogens is 1. The number of aromatic nitrogens is 1. The van der Waals surface area contributed by atoms with Crippen molar-refractivity contribution >= 4 is 44.6 Å². The maximum atomic E-state index is 10.7. The van der Waals surface area contributed by atoms with Crippen LogP contribution in [-0.2, 0) is 13.0 Å². The molecule has 2 N–H and O–H groups in total. The van der Waals surface area contributed by atoms with Crippen LogP contribution in [0.1, 0.15) is 20.4 Å². The number of thiophene rings is 1. The van der Waals surface area contributed by atoms with Crippen molar-refractivity contribution in [3.63, 3.8) is 0 Å². The van der Waals surface area contributed by atoms with Gasteiger partial charge in [-0.1, -0.05) is 0 Å². The summed E-state index contributed by atoms with van der Waals surface area (Å²) in [5.74, 6) is -0.963. The summed E-state index contributed by atoms with van der Waals surface area (Å²) in [5, 5.41) is 13.9. The molecule has 96 valence electrons. The SMILES string of the molecule is O=C(O)c1nc(CNCCc2ccc(Br)s2)cs1. The third-order valence-corrected chi connectivity index (χ3v) is 4.78. The molecule has 0 amide bonds. The lowest BCUT2D eigenvalue weighted by Gasteiger charge is -2.00. The molecule has 7 heteroatoms. The molecule has 2 rings (SSSR count). The summed E-state index contributed by atoms with van der Waals surface area (Å²) in [5.41, 5.74) is 0.782. The van der Waals surface area contributed by atoms with Gasteiger partial charge in [0.2, 0.25) is 5.01 Å². The van der Waals surface area contributed by atoms with E-state index in [-0.39, 0.29) is 5.01 Å². The smallest absolute Gasteiger partial charge is 0.365 e. The fraction of sp³-hybridized carbons (Fsp3) is 0.273. The standard InChI is InChI=1S/C11H11BrN2O2S2/c12-9-2-1-8(18-9)3-4-13-5-7-6-17-10(14-7)11(15)16/h1-2,6,13H,3-5H2,(H,15,16). The van der Waals surface area contributed by atoms with Gasteiger partial charge >= 0.3 is 5.97 Å². The molecule has 18 heavy (non-hydrogen) atoms. The topological polar surface area (TPSA) is 62.2 Å². The average Bonchev–Trinajstić information content (AvgIpc) is 2.93. The molecule has 4 nitrogen and oxygen atoms in total. The first-order valence-electron chi connectivity index (χ1n) is 5.28. The van der Waals surface area contributed by atoms with Crippen molar-refractivity contribution in [3.05, 3.63) is 36.9 Å². The number of hydrogen-bond donors (Lipinski definition) is 2. The van der Waals surface area contributed by atoms with Crippen molar-refractivity contribution < 1.29 is 9.90 Å². The molecule has 0 aromatic carbocycles. The van der Waals surface area contributed by atoms with E-state index in [1.54, 1.807) is 16.7 Å². The minimum Gasteiger partial charge on any atom is -0.476 e. The maximum absolute atomic E-state index is 10.7. The summed E-state index contributed by atoms with van der Waals surface area (Å²) in [6, 6.07) is 4.14. The number of carboxylic acids is 1. The number of carboxylic acid groups (broad SMARTS) is 1. The first-order valence-corrected chi connectivity index (χ1v) is 7.76. The predicted octanol–water partition coefficient (Wildman–Crippen LogP) is 3.00. The fourth-order valence-electron chi connectivity index (χ4n) is 1.40. The lowest BCUT2D eigenvalue weighted by molar-refractivity contribution is 0.0696. The summed E-state index contributed by atoms with van der Waals surface area (Å²) in [6.07, 6.45) is 0.964. The van der Waals surface area contributed by atoms with Gasteiger partial charge in [0.1, 0.15) is 0 Å². The highest BCUT2D eigenvalue weighted by Crippen LogP contribution is 2.22. The molecular formula is C11H11BrN2O2S2. The molecule has 0 aliphatic carbocycles. The number of nitrogens with zero attached hydrogens (tertiary/aromatic N) is 1. The van der Waals surface area contributed by atoms with E-state index in [9.17, 15) is 4.79 Å². The number of carbonyl (C=O) groups is 1. The first-order chi connectivity index (χ1) is 8.65. The van der Waals surface area contributed by atoms with Crippen molar-refractivity contribution in [1.29, 1.82) is 0 Å². The summed E-state index contributed by atoms with van der Waals surface area (Å²) < 4.78 is 1.14. The normalized spacial score (nSPS) is 10.7. The zero-order valence-electron chi connectivity index (χ0n) is 9.35. The van der Waals surface area contributed by atoms with E-state index in [4.69, 9.17) is 5.11 Å². The molecular weight excluding hydrogens is 336 g/mol. The van der Waals surface area contributed by atoms with Crippen LogP contribution >= 0.6 is 38.6 Å². The van der Waals surface area contributed by atoms with Crippen LogP contribution < -0.4 is 5.32 Å². The molecule has 0 saturated heterocycles. The quantitative estimate of drug-likeness (QED) is 0.789. The van der Waals surface area contributed by atoms with E-state index in [1.165, 1.54) is 4.88 Å². The Balaban J connectivity index is 1.73. The highest BCUT2D eigenvalue weighted by Gasteiger charge is 2.08. The molecule has 0 atom stereocenters. The fourth-order valence-corrected chi connectivity index (χ4v) is 3.54. The van der Waals surface area contributed by atoms with Crippen LogP contribution in [0.3, 0.4) is 0 Å². The van der Waals surface area contributed by atoms with E-state index in [0.29, 0.717) is 6.54 Å². The molecule has 0 aliphatic heterocycles. The maximum Gasteiger partial charge on any atom is 0.365 e. The molecule has 0 aliphatic rings. The van der Waals surface area contributed by atoms with Crippen molar-refractivity contribution in [1.82, 2.24) is 10.3 Å². The number of aromatic carboxylic acids is 1. The van der Waals surface area contributed by atoms with Gasteiger partial charge < -0.3 is 10.4 Å². The predicted molar refractivity (Wildman–Crippen MR) is 76.5 cm³/mol. The van der Waals surface area contributed by atoms with Gasteiger partial charge in [-0.3, -0.25) is 0 Å². The molecule has 2 aromatic rings. The molecule has 2 aromatic heterocycles. The van der Waals surface area contributed by atoms with Gasteiger partial charge in [-0.05, 0) is 34.5 Å². The van der Waals surface area contributed by atoms with Crippen LogP contribution in [0.2, 0.25) is 0 Å². The largest absolute Gasteiger partial charge is 0.476 e. The van der Waals surface area contributed by atoms with E-state index in [2.05, 4.69) is 32.3 Å². The number of thiazole rings is 1. The minimum atomic E-state index is -0.963. The Kier molecular flexibility index (Phi) is 4.87. The van der Waals surface area contributed by atoms with Crippen LogP contribution in [0.25, 0.3) is 0 Å². The average molecular weight is 347 g/mol. The van der Waals surface area contributed by atoms with E-state index in [1.807, 2.05) is 6.07 Å². The van der Waals surface area contributed by atoms with E-state index in [0.717, 1.165) is 33.8 Å². The van der Waals surface area contributed by atoms with Crippen LogP contribution in [0.5, 0.6) is 0 Å². The van der Waals surface area contributed by atoms with Crippen molar-refractivity contribution in [2.24, 2.45) is 0 Å². The second kappa shape index (κ2) is 6.42. The Morgan fingerprint density at radius 3 is 2.94 bits per heavy atom. The van der Waals surface area contributed by atoms with Crippen molar-refractivity contribution in [2.45, 2.75) is 13.0 Å². The summed E-state index contributed by atoms with van der Waals surface area (Å²) in [6.45, 7) is 1.46. The molecule has 0 fully saturated rings. The van der Waals surface area contributed by atoms with Gasteiger partial charge in [0, 0.05) is 23.3 Å². The summed E-state index contributed by atoms with van der Waals surface area (Å²) >= 11 is 6.32. The Morgan fingerprint density at radius 1 is 1.50 bits per heavy atom. The van der Waals surface area contributed by atoms with Crippen LogP contribution in [0.4, 0.5) is 0 Å². The second-order valence-electron chi connectivity index (χ2n) is 3.58. The second-order valence-corrected chi connectivity index (χ2v) is 6.99. The highest BCUT2D eigenvalue weighted by atomic mass is 79.9. The van der Waals surface area contributed by atoms with Crippen molar-refractivity contribution in [2.75, 3.05) is 6.54 Å². The summed E-state index contributed by atoms with van der Waals surface area (Å²) in [7, 11) is 0. The Morgan fingerprint density at radius 2 is 2.33 bits per heavy atom. The molecule has 0 radical (unpaired) electrons. The Bertz CT molecular complexity index is 539.